The minimum atomic E-state index is -3.69. The number of hydrogen-bond acceptors (Lipinski definition) is 3. The molecule has 2 aromatic carbocycles. The maximum Gasteiger partial charge on any atom is 0.217 e. The molecule has 0 bridgehead atoms. The van der Waals surface area contributed by atoms with E-state index in [2.05, 4.69) is 4.72 Å². The van der Waals surface area contributed by atoms with Crippen molar-refractivity contribution in [3.63, 3.8) is 0 Å². The van der Waals surface area contributed by atoms with Gasteiger partial charge >= 0.3 is 0 Å². The van der Waals surface area contributed by atoms with Gasteiger partial charge in [-0.15, -0.1) is 0 Å². The molecule has 1 aliphatic rings. The van der Waals surface area contributed by atoms with Gasteiger partial charge in [0, 0.05) is 0 Å². The fraction of sp³-hybridized carbons (Fsp3) is 0.455. The summed E-state index contributed by atoms with van der Waals surface area (Å²) in [5.74, 6) is 0.103. The lowest BCUT2D eigenvalue weighted by Crippen LogP contribution is -2.52. The molecule has 0 amide bonds. The Morgan fingerprint density at radius 2 is 1.71 bits per heavy atom. The van der Waals surface area contributed by atoms with Crippen molar-refractivity contribution in [2.45, 2.75) is 56.7 Å². The van der Waals surface area contributed by atoms with Gasteiger partial charge in [0.2, 0.25) is 10.0 Å². The van der Waals surface area contributed by atoms with Gasteiger partial charge in [-0.1, -0.05) is 49.2 Å². The van der Waals surface area contributed by atoms with Crippen LogP contribution < -0.4 is 10.5 Å². The molecule has 152 valence electrons. The number of rotatable bonds is 7. The van der Waals surface area contributed by atoms with E-state index in [1.807, 2.05) is 30.3 Å². The molecule has 1 aliphatic carbocycles. The SMILES string of the molecule is CC(C)(C)S(=O)(=O)NC(CCC1CC1)(c1ccccc1)c1ccc(F)c(N)c1. The highest BCUT2D eigenvalue weighted by Crippen LogP contribution is 2.42. The van der Waals surface area contributed by atoms with Gasteiger partial charge in [0.1, 0.15) is 5.82 Å². The first-order valence-corrected chi connectivity index (χ1v) is 11.2. The van der Waals surface area contributed by atoms with Crippen LogP contribution in [0, 0.1) is 11.7 Å². The third kappa shape index (κ3) is 4.23. The summed E-state index contributed by atoms with van der Waals surface area (Å²) in [6, 6.07) is 14.0. The van der Waals surface area contributed by atoms with Gasteiger partial charge in [0.05, 0.1) is 16.0 Å². The summed E-state index contributed by atoms with van der Waals surface area (Å²) in [6.45, 7) is 5.01. The monoisotopic (exact) mass is 404 g/mol. The van der Waals surface area contributed by atoms with Crippen LogP contribution >= 0.6 is 0 Å². The van der Waals surface area contributed by atoms with Crippen molar-refractivity contribution in [1.29, 1.82) is 0 Å². The summed E-state index contributed by atoms with van der Waals surface area (Å²) >= 11 is 0. The number of halogens is 1. The Labute approximate surface area is 167 Å². The smallest absolute Gasteiger partial charge is 0.217 e. The van der Waals surface area contributed by atoms with Gasteiger partial charge in [0.15, 0.2) is 0 Å². The second-order valence-electron chi connectivity index (χ2n) is 8.71. The van der Waals surface area contributed by atoms with Gasteiger partial charge in [-0.25, -0.2) is 17.5 Å². The molecule has 1 unspecified atom stereocenters. The average Bonchev–Trinajstić information content (AvgIpc) is 3.45. The first-order chi connectivity index (χ1) is 13.1. The van der Waals surface area contributed by atoms with Crippen molar-refractivity contribution < 1.29 is 12.8 Å². The number of nitrogens with one attached hydrogen (secondary N) is 1. The number of benzene rings is 2. The van der Waals surface area contributed by atoms with Crippen molar-refractivity contribution in [2.75, 3.05) is 5.73 Å². The zero-order valence-corrected chi connectivity index (χ0v) is 17.5. The minimum Gasteiger partial charge on any atom is -0.396 e. The molecule has 0 saturated heterocycles. The van der Waals surface area contributed by atoms with Crippen molar-refractivity contribution >= 4 is 15.7 Å². The standard InChI is InChI=1S/C22H29FN2O2S/c1-21(2,3)28(26,27)25-22(14-13-16-9-10-16,17-7-5-4-6-8-17)18-11-12-19(23)20(24)15-18/h4-8,11-12,15-16,25H,9-10,13-14,24H2,1-3H3. The summed E-state index contributed by atoms with van der Waals surface area (Å²) in [5, 5.41) is 0. The summed E-state index contributed by atoms with van der Waals surface area (Å²) < 4.78 is 42.3. The Morgan fingerprint density at radius 1 is 1.07 bits per heavy atom. The van der Waals surface area contributed by atoms with Crippen LogP contribution in [0.2, 0.25) is 0 Å². The summed E-state index contributed by atoms with van der Waals surface area (Å²) in [4.78, 5) is 0. The molecule has 0 radical (unpaired) electrons. The number of hydrogen-bond donors (Lipinski definition) is 2. The molecule has 2 aromatic rings. The van der Waals surface area contributed by atoms with Gasteiger partial charge in [-0.05, 0) is 62.8 Å². The Hall–Kier alpha value is -1.92. The summed E-state index contributed by atoms with van der Waals surface area (Å²) in [6.07, 6.45) is 3.81. The van der Waals surface area contributed by atoms with E-state index in [0.717, 1.165) is 12.0 Å². The second-order valence-corrected chi connectivity index (χ2v) is 11.1. The minimum absolute atomic E-state index is 0.0131. The quantitative estimate of drug-likeness (QED) is 0.665. The molecule has 3 N–H and O–H groups in total. The van der Waals surface area contributed by atoms with Crippen LogP contribution in [-0.4, -0.2) is 13.2 Å². The van der Waals surface area contributed by atoms with Crippen molar-refractivity contribution in [3.8, 4) is 0 Å². The van der Waals surface area contributed by atoms with Crippen LogP contribution in [0.1, 0.15) is 57.6 Å². The molecule has 4 nitrogen and oxygen atoms in total. The normalized spacial score (nSPS) is 17.3. The molecule has 0 heterocycles. The van der Waals surface area contributed by atoms with E-state index >= 15 is 0 Å². The Bertz CT molecular complexity index is 935. The Morgan fingerprint density at radius 3 is 2.25 bits per heavy atom. The fourth-order valence-corrected chi connectivity index (χ4v) is 4.47. The Kier molecular flexibility index (Phi) is 5.56. The molecule has 28 heavy (non-hydrogen) atoms. The first-order valence-electron chi connectivity index (χ1n) is 9.70. The van der Waals surface area contributed by atoms with Gasteiger partial charge in [-0.2, -0.15) is 0 Å². The Balaban J connectivity index is 2.19. The molecule has 1 fully saturated rings. The molecule has 3 rings (SSSR count). The number of nitrogens with two attached hydrogens (primary N) is 1. The van der Waals surface area contributed by atoms with Crippen molar-refractivity contribution in [3.05, 3.63) is 65.5 Å². The molecule has 0 aromatic heterocycles. The molecular weight excluding hydrogens is 375 g/mol. The molecule has 0 spiro atoms. The van der Waals surface area contributed by atoms with Gasteiger partial charge in [0.25, 0.3) is 0 Å². The molecule has 1 atom stereocenters. The van der Waals surface area contributed by atoms with E-state index in [1.54, 1.807) is 32.9 Å². The third-order valence-corrected chi connectivity index (χ3v) is 7.72. The van der Waals surface area contributed by atoms with E-state index in [-0.39, 0.29) is 5.69 Å². The highest BCUT2D eigenvalue weighted by Gasteiger charge is 2.43. The van der Waals surface area contributed by atoms with Crippen LogP contribution in [-0.2, 0) is 15.6 Å². The van der Waals surface area contributed by atoms with Gasteiger partial charge in [-0.3, -0.25) is 0 Å². The van der Waals surface area contributed by atoms with E-state index < -0.39 is 26.1 Å². The summed E-state index contributed by atoms with van der Waals surface area (Å²) in [7, 11) is -3.69. The van der Waals surface area contributed by atoms with Crippen molar-refractivity contribution in [2.24, 2.45) is 5.92 Å². The van der Waals surface area contributed by atoms with Crippen LogP contribution in [0.5, 0.6) is 0 Å². The van der Waals surface area contributed by atoms with Crippen LogP contribution in [0.3, 0.4) is 0 Å². The predicted molar refractivity (Wildman–Crippen MR) is 112 cm³/mol. The lowest BCUT2D eigenvalue weighted by atomic mass is 9.79. The van der Waals surface area contributed by atoms with Crippen LogP contribution in [0.4, 0.5) is 10.1 Å². The highest BCUT2D eigenvalue weighted by molar-refractivity contribution is 7.90. The van der Waals surface area contributed by atoms with Crippen molar-refractivity contribution in [1.82, 2.24) is 4.72 Å². The lowest BCUT2D eigenvalue weighted by Gasteiger charge is -2.38. The fourth-order valence-electron chi connectivity index (χ4n) is 3.37. The highest BCUT2D eigenvalue weighted by atomic mass is 32.2. The van der Waals surface area contributed by atoms with E-state index in [0.29, 0.717) is 17.9 Å². The van der Waals surface area contributed by atoms with Crippen LogP contribution in [0.25, 0.3) is 0 Å². The second kappa shape index (κ2) is 7.48. The van der Waals surface area contributed by atoms with E-state index in [1.165, 1.54) is 18.9 Å². The largest absolute Gasteiger partial charge is 0.396 e. The van der Waals surface area contributed by atoms with E-state index in [9.17, 15) is 12.8 Å². The third-order valence-electron chi connectivity index (χ3n) is 5.49. The zero-order chi connectivity index (χ0) is 20.6. The molecule has 1 saturated carbocycles. The van der Waals surface area contributed by atoms with Crippen LogP contribution in [0.15, 0.2) is 48.5 Å². The predicted octanol–water partition coefficient (Wildman–Crippen LogP) is 4.56. The lowest BCUT2D eigenvalue weighted by molar-refractivity contribution is 0.401. The topological polar surface area (TPSA) is 72.2 Å². The van der Waals surface area contributed by atoms with Gasteiger partial charge < -0.3 is 5.73 Å². The number of sulfonamides is 1. The zero-order valence-electron chi connectivity index (χ0n) is 16.7. The maximum absolute atomic E-state index is 13.9. The number of anilines is 1. The molecule has 0 aliphatic heterocycles. The molecular formula is C22H29FN2O2S. The summed E-state index contributed by atoms with van der Waals surface area (Å²) in [5.41, 5.74) is 6.36. The average molecular weight is 405 g/mol. The number of nitrogen functional groups attached to an aromatic ring is 1. The molecule has 6 heteroatoms. The maximum atomic E-state index is 13.9. The van der Waals surface area contributed by atoms with E-state index in [4.69, 9.17) is 5.73 Å². The first kappa shape index (κ1) is 20.8.